The van der Waals surface area contributed by atoms with Crippen molar-refractivity contribution in [2.75, 3.05) is 7.05 Å². The lowest BCUT2D eigenvalue weighted by molar-refractivity contribution is -0.136. The molecule has 0 saturated heterocycles. The monoisotopic (exact) mass is 209 g/mol. The molecule has 2 rings (SSSR count). The third kappa shape index (κ3) is 2.53. The summed E-state index contributed by atoms with van der Waals surface area (Å²) in [5.74, 6) is 0.788. The predicted octanol–water partition coefficient (Wildman–Crippen LogP) is 2.97. The minimum atomic E-state index is 0.358. The highest BCUT2D eigenvalue weighted by molar-refractivity contribution is 5.79. The minimum Gasteiger partial charge on any atom is -0.343 e. The molecule has 86 valence electrons. The van der Waals surface area contributed by atoms with Crippen molar-refractivity contribution in [3.8, 4) is 0 Å². The van der Waals surface area contributed by atoms with Gasteiger partial charge in [-0.05, 0) is 25.7 Å². The lowest BCUT2D eigenvalue weighted by atomic mass is 9.93. The fourth-order valence-corrected chi connectivity index (χ4v) is 3.11. The molecule has 2 saturated carbocycles. The molecule has 0 atom stereocenters. The summed E-state index contributed by atoms with van der Waals surface area (Å²) in [6.07, 6.45) is 11.2. The number of rotatable bonds is 2. The van der Waals surface area contributed by atoms with E-state index in [0.717, 1.165) is 12.8 Å². The largest absolute Gasteiger partial charge is 0.343 e. The highest BCUT2D eigenvalue weighted by Crippen LogP contribution is 2.29. The number of amides is 1. The summed E-state index contributed by atoms with van der Waals surface area (Å²) in [6.45, 7) is 0. The van der Waals surface area contributed by atoms with Gasteiger partial charge in [-0.25, -0.2) is 0 Å². The van der Waals surface area contributed by atoms with Crippen LogP contribution in [0.5, 0.6) is 0 Å². The van der Waals surface area contributed by atoms with Crippen LogP contribution in [0.25, 0.3) is 0 Å². The van der Waals surface area contributed by atoms with Gasteiger partial charge < -0.3 is 4.90 Å². The van der Waals surface area contributed by atoms with Gasteiger partial charge in [0.1, 0.15) is 0 Å². The van der Waals surface area contributed by atoms with E-state index in [9.17, 15) is 4.79 Å². The van der Waals surface area contributed by atoms with E-state index in [1.54, 1.807) is 0 Å². The van der Waals surface area contributed by atoms with Crippen molar-refractivity contribution in [2.45, 2.75) is 63.8 Å². The quantitative estimate of drug-likeness (QED) is 0.684. The van der Waals surface area contributed by atoms with Crippen molar-refractivity contribution >= 4 is 5.91 Å². The average molecular weight is 209 g/mol. The molecular weight excluding hydrogens is 186 g/mol. The van der Waals surface area contributed by atoms with E-state index < -0.39 is 0 Å². The molecule has 2 aliphatic rings. The molecule has 1 amide bonds. The van der Waals surface area contributed by atoms with Crippen LogP contribution in [0.4, 0.5) is 0 Å². The maximum Gasteiger partial charge on any atom is 0.225 e. The molecule has 0 heterocycles. The van der Waals surface area contributed by atoms with Crippen LogP contribution in [0.1, 0.15) is 57.8 Å². The van der Waals surface area contributed by atoms with Gasteiger partial charge in [0.2, 0.25) is 5.91 Å². The van der Waals surface area contributed by atoms with E-state index in [0.29, 0.717) is 17.9 Å². The van der Waals surface area contributed by atoms with E-state index in [2.05, 4.69) is 4.90 Å². The molecular formula is C13H23NO. The van der Waals surface area contributed by atoms with Crippen LogP contribution in [0.15, 0.2) is 0 Å². The Hall–Kier alpha value is -0.530. The van der Waals surface area contributed by atoms with Crippen LogP contribution in [-0.2, 0) is 4.79 Å². The highest BCUT2D eigenvalue weighted by atomic mass is 16.2. The lowest BCUT2D eigenvalue weighted by Crippen LogP contribution is -2.41. The van der Waals surface area contributed by atoms with Gasteiger partial charge in [0.05, 0.1) is 0 Å². The van der Waals surface area contributed by atoms with Gasteiger partial charge in [0.15, 0.2) is 0 Å². The Kier molecular flexibility index (Phi) is 3.66. The van der Waals surface area contributed by atoms with Gasteiger partial charge in [0, 0.05) is 19.0 Å². The number of carbonyl (C=O) groups is 1. The van der Waals surface area contributed by atoms with Crippen molar-refractivity contribution in [2.24, 2.45) is 5.92 Å². The molecule has 0 unspecified atom stereocenters. The number of hydrogen-bond acceptors (Lipinski definition) is 1. The van der Waals surface area contributed by atoms with E-state index in [-0.39, 0.29) is 0 Å². The first-order valence-corrected chi connectivity index (χ1v) is 6.55. The molecule has 0 aliphatic heterocycles. The summed E-state index contributed by atoms with van der Waals surface area (Å²) in [6, 6.07) is 0.548. The summed E-state index contributed by atoms with van der Waals surface area (Å²) in [5, 5.41) is 0. The van der Waals surface area contributed by atoms with Crippen LogP contribution >= 0.6 is 0 Å². The molecule has 0 spiro atoms. The maximum atomic E-state index is 12.2. The van der Waals surface area contributed by atoms with Gasteiger partial charge in [-0.1, -0.05) is 32.1 Å². The standard InChI is InChI=1S/C13H23NO/c1-14(12-9-3-2-4-10-12)13(15)11-7-5-6-8-11/h11-12H,2-10H2,1H3. The summed E-state index contributed by atoms with van der Waals surface area (Å²) >= 11 is 0. The molecule has 2 heteroatoms. The Balaban J connectivity index is 1.87. The second-order valence-corrected chi connectivity index (χ2v) is 5.22. The molecule has 0 aromatic carbocycles. The highest BCUT2D eigenvalue weighted by Gasteiger charge is 2.29. The van der Waals surface area contributed by atoms with Gasteiger partial charge in [-0.2, -0.15) is 0 Å². The summed E-state index contributed by atoms with van der Waals surface area (Å²) in [7, 11) is 2.02. The first-order valence-electron chi connectivity index (χ1n) is 6.55. The second-order valence-electron chi connectivity index (χ2n) is 5.22. The normalized spacial score (nSPS) is 24.3. The zero-order valence-electron chi connectivity index (χ0n) is 9.87. The van der Waals surface area contributed by atoms with Crippen LogP contribution < -0.4 is 0 Å². The predicted molar refractivity (Wildman–Crippen MR) is 61.6 cm³/mol. The molecule has 15 heavy (non-hydrogen) atoms. The van der Waals surface area contributed by atoms with Crippen molar-refractivity contribution < 1.29 is 4.79 Å². The Labute approximate surface area is 93.0 Å². The first-order chi connectivity index (χ1) is 7.29. The third-order valence-corrected chi connectivity index (χ3v) is 4.17. The Morgan fingerprint density at radius 1 is 0.933 bits per heavy atom. The van der Waals surface area contributed by atoms with Crippen LogP contribution in [0.3, 0.4) is 0 Å². The van der Waals surface area contributed by atoms with Crippen molar-refractivity contribution in [1.82, 2.24) is 4.90 Å². The molecule has 0 aromatic heterocycles. The number of hydrogen-bond donors (Lipinski definition) is 0. The summed E-state index contributed by atoms with van der Waals surface area (Å²) in [5.41, 5.74) is 0. The zero-order valence-corrected chi connectivity index (χ0v) is 9.87. The van der Waals surface area contributed by atoms with E-state index >= 15 is 0 Å². The van der Waals surface area contributed by atoms with Crippen LogP contribution in [0.2, 0.25) is 0 Å². The van der Waals surface area contributed by atoms with Crippen molar-refractivity contribution in [1.29, 1.82) is 0 Å². The van der Waals surface area contributed by atoms with Crippen LogP contribution in [0, 0.1) is 5.92 Å². The molecule has 0 N–H and O–H groups in total. The molecule has 2 aliphatic carbocycles. The fourth-order valence-electron chi connectivity index (χ4n) is 3.11. The number of nitrogens with zero attached hydrogens (tertiary/aromatic N) is 1. The fraction of sp³-hybridized carbons (Fsp3) is 0.923. The number of carbonyl (C=O) groups excluding carboxylic acids is 1. The molecule has 2 fully saturated rings. The average Bonchev–Trinajstić information content (AvgIpc) is 2.82. The second kappa shape index (κ2) is 5.00. The Morgan fingerprint density at radius 3 is 2.07 bits per heavy atom. The molecule has 0 aromatic rings. The van der Waals surface area contributed by atoms with Gasteiger partial charge in [-0.15, -0.1) is 0 Å². The van der Waals surface area contributed by atoms with Gasteiger partial charge in [0.25, 0.3) is 0 Å². The van der Waals surface area contributed by atoms with Crippen LogP contribution in [-0.4, -0.2) is 23.9 Å². The lowest BCUT2D eigenvalue weighted by Gasteiger charge is -2.32. The first kappa shape index (κ1) is 11.0. The third-order valence-electron chi connectivity index (χ3n) is 4.17. The van der Waals surface area contributed by atoms with Crippen molar-refractivity contribution in [3.05, 3.63) is 0 Å². The maximum absolute atomic E-state index is 12.2. The molecule has 0 radical (unpaired) electrons. The topological polar surface area (TPSA) is 20.3 Å². The Morgan fingerprint density at radius 2 is 1.47 bits per heavy atom. The smallest absolute Gasteiger partial charge is 0.225 e. The summed E-state index contributed by atoms with van der Waals surface area (Å²) < 4.78 is 0. The Bertz CT molecular complexity index is 215. The zero-order chi connectivity index (χ0) is 10.7. The SMILES string of the molecule is CN(C(=O)C1CCCC1)C1CCCCC1. The van der Waals surface area contributed by atoms with E-state index in [1.165, 1.54) is 44.9 Å². The minimum absolute atomic E-state index is 0.358. The van der Waals surface area contributed by atoms with Gasteiger partial charge in [-0.3, -0.25) is 4.79 Å². The summed E-state index contributed by atoms with van der Waals surface area (Å²) in [4.78, 5) is 14.2. The van der Waals surface area contributed by atoms with Crippen molar-refractivity contribution in [3.63, 3.8) is 0 Å². The molecule has 2 nitrogen and oxygen atoms in total. The van der Waals surface area contributed by atoms with Gasteiger partial charge >= 0.3 is 0 Å². The molecule has 0 bridgehead atoms. The van der Waals surface area contributed by atoms with E-state index in [1.807, 2.05) is 7.05 Å². The van der Waals surface area contributed by atoms with E-state index in [4.69, 9.17) is 0 Å².